The molecule has 1 atom stereocenters. The van der Waals surface area contributed by atoms with Crippen molar-refractivity contribution in [3.63, 3.8) is 0 Å². The van der Waals surface area contributed by atoms with Crippen molar-refractivity contribution in [2.24, 2.45) is 0 Å². The summed E-state index contributed by atoms with van der Waals surface area (Å²) in [5, 5.41) is 12.3. The van der Waals surface area contributed by atoms with E-state index in [1.807, 2.05) is 19.1 Å². The number of aromatic nitrogens is 2. The Bertz CT molecular complexity index is 1320. The second-order valence-electron chi connectivity index (χ2n) is 10.5. The lowest BCUT2D eigenvalue weighted by Crippen LogP contribution is -2.42. The number of nitrogens with zero attached hydrogens (tertiary/aromatic N) is 4. The monoisotopic (exact) mass is 565 g/mol. The highest BCUT2D eigenvalue weighted by Crippen LogP contribution is 2.40. The average Bonchev–Trinajstić information content (AvgIpc) is 3.63. The van der Waals surface area contributed by atoms with E-state index in [-0.39, 0.29) is 6.04 Å². The molecular formula is C29H39N7O3S. The van der Waals surface area contributed by atoms with Gasteiger partial charge < -0.3 is 30.8 Å². The highest BCUT2D eigenvalue weighted by molar-refractivity contribution is 7.19. The summed E-state index contributed by atoms with van der Waals surface area (Å²) in [6.45, 7) is 7.88. The molecule has 2 saturated heterocycles. The molecular weight excluding hydrogens is 526 g/mol. The number of carbonyl (C=O) groups is 1. The number of carbonyl (C=O) groups excluding carboxylic acids is 1. The lowest BCUT2D eigenvalue weighted by Gasteiger charge is -2.29. The first-order chi connectivity index (χ1) is 19.6. The number of anilines is 3. The summed E-state index contributed by atoms with van der Waals surface area (Å²) in [6.07, 6.45) is 11.0. The molecule has 2 aromatic heterocycles. The summed E-state index contributed by atoms with van der Waals surface area (Å²) in [4.78, 5) is 26.0. The van der Waals surface area contributed by atoms with E-state index in [2.05, 4.69) is 20.2 Å². The molecule has 0 unspecified atom stereocenters. The molecule has 1 amide bonds. The topological polar surface area (TPSA) is 130 Å². The van der Waals surface area contributed by atoms with E-state index >= 15 is 0 Å². The molecule has 0 bridgehead atoms. The van der Waals surface area contributed by atoms with Gasteiger partial charge in [0.2, 0.25) is 6.41 Å². The molecule has 11 heteroatoms. The summed E-state index contributed by atoms with van der Waals surface area (Å²) in [5.74, 6) is 1.49. The summed E-state index contributed by atoms with van der Waals surface area (Å²) in [5.41, 5.74) is 9.52. The minimum absolute atomic E-state index is 0.260. The van der Waals surface area contributed by atoms with Crippen LogP contribution in [0, 0.1) is 5.41 Å². The van der Waals surface area contributed by atoms with Crippen LogP contribution in [0.5, 0.6) is 5.75 Å². The molecule has 3 aromatic rings. The second-order valence-corrected chi connectivity index (χ2v) is 11.6. The predicted molar refractivity (Wildman–Crippen MR) is 160 cm³/mol. The van der Waals surface area contributed by atoms with Gasteiger partial charge in [-0.05, 0) is 70.2 Å². The average molecular weight is 566 g/mol. The van der Waals surface area contributed by atoms with Crippen LogP contribution >= 0.6 is 11.3 Å². The second kappa shape index (κ2) is 13.4. The standard InChI is InChI=1S/C23H28N6OS.C6H11NO2/c24-13-15-11-18(19(12-17(15)25)30-10-9-29-7-3-4-8-29)28-22-21-16-5-1-2-6-20(16)31-23(21)27-14-26-22;1-6-4-9-3-2-7(6)5-8/h11-14,24H,1-10,25H2,(H,26,27,28);5-6H,2-4H2,1H3/t;6-/m.0/s1. The van der Waals surface area contributed by atoms with Gasteiger partial charge in [0.1, 0.15) is 29.3 Å². The van der Waals surface area contributed by atoms with Gasteiger partial charge in [-0.15, -0.1) is 11.3 Å². The van der Waals surface area contributed by atoms with E-state index in [0.29, 0.717) is 36.8 Å². The molecule has 40 heavy (non-hydrogen) atoms. The van der Waals surface area contributed by atoms with E-state index in [1.165, 1.54) is 42.3 Å². The highest BCUT2D eigenvalue weighted by atomic mass is 32.1. The van der Waals surface area contributed by atoms with Gasteiger partial charge in [-0.2, -0.15) is 0 Å². The van der Waals surface area contributed by atoms with Crippen LogP contribution in [0.15, 0.2) is 18.5 Å². The number of thiophene rings is 1. The minimum atomic E-state index is 0.260. The number of ether oxygens (including phenoxy) is 2. The Labute approximate surface area is 239 Å². The summed E-state index contributed by atoms with van der Waals surface area (Å²) >= 11 is 1.78. The number of benzene rings is 1. The number of hydrogen-bond donors (Lipinski definition) is 3. The quantitative estimate of drug-likeness (QED) is 0.210. The number of nitrogen functional groups attached to an aromatic ring is 1. The Morgan fingerprint density at radius 1 is 1.20 bits per heavy atom. The number of rotatable bonds is 8. The molecule has 1 aliphatic carbocycles. The number of aryl methyl sites for hydroxylation is 2. The number of amides is 1. The SMILES string of the molecule is C[C@H]1COCCN1C=O.N=Cc1cc(Nc2ncnc3sc4c(c23)CCCC4)c(OCCN2CCCC2)cc1N. The van der Waals surface area contributed by atoms with Crippen molar-refractivity contribution in [3.05, 3.63) is 34.5 Å². The third-order valence-electron chi connectivity index (χ3n) is 7.76. The van der Waals surface area contributed by atoms with Crippen molar-refractivity contribution >= 4 is 51.4 Å². The molecule has 3 aliphatic rings. The van der Waals surface area contributed by atoms with E-state index in [4.69, 9.17) is 20.6 Å². The minimum Gasteiger partial charge on any atom is -0.490 e. The fourth-order valence-corrected chi connectivity index (χ4v) is 6.68. The smallest absolute Gasteiger partial charge is 0.210 e. The zero-order valence-corrected chi connectivity index (χ0v) is 24.0. The van der Waals surface area contributed by atoms with Crippen molar-refractivity contribution in [1.82, 2.24) is 19.8 Å². The van der Waals surface area contributed by atoms with Gasteiger partial charge in [0.15, 0.2) is 0 Å². The molecule has 4 N–H and O–H groups in total. The molecule has 1 aromatic carbocycles. The Morgan fingerprint density at radius 2 is 2.02 bits per heavy atom. The van der Waals surface area contributed by atoms with Crippen molar-refractivity contribution in [2.75, 3.05) is 57.1 Å². The van der Waals surface area contributed by atoms with Crippen LogP contribution in [-0.4, -0.2) is 84.4 Å². The van der Waals surface area contributed by atoms with E-state index in [9.17, 15) is 4.79 Å². The maximum absolute atomic E-state index is 10.2. The molecule has 0 radical (unpaired) electrons. The number of fused-ring (bicyclic) bond motifs is 3. The Balaban J connectivity index is 0.000000306. The van der Waals surface area contributed by atoms with Gasteiger partial charge in [-0.3, -0.25) is 9.69 Å². The van der Waals surface area contributed by atoms with Gasteiger partial charge >= 0.3 is 0 Å². The third-order valence-corrected chi connectivity index (χ3v) is 8.96. The van der Waals surface area contributed by atoms with Crippen LogP contribution in [0.2, 0.25) is 0 Å². The fourth-order valence-electron chi connectivity index (χ4n) is 5.45. The molecule has 2 fully saturated rings. The molecule has 0 saturated carbocycles. The van der Waals surface area contributed by atoms with Crippen LogP contribution in [0.1, 0.15) is 48.6 Å². The van der Waals surface area contributed by atoms with Crippen molar-refractivity contribution < 1.29 is 14.3 Å². The number of morpholine rings is 1. The fraction of sp³-hybridized carbons (Fsp3) is 0.517. The Kier molecular flexibility index (Phi) is 9.45. The van der Waals surface area contributed by atoms with Gasteiger partial charge in [0.05, 0.1) is 30.3 Å². The lowest BCUT2D eigenvalue weighted by atomic mass is 9.97. The van der Waals surface area contributed by atoms with Crippen LogP contribution < -0.4 is 15.8 Å². The van der Waals surface area contributed by atoms with E-state index < -0.39 is 0 Å². The maximum atomic E-state index is 10.2. The number of nitrogens with one attached hydrogen (secondary N) is 2. The Hall–Kier alpha value is -3.28. The number of hydrogen-bond acceptors (Lipinski definition) is 10. The number of likely N-dealkylation sites (tertiary alicyclic amines) is 1. The van der Waals surface area contributed by atoms with E-state index in [1.54, 1.807) is 22.6 Å². The molecule has 6 rings (SSSR count). The third kappa shape index (κ3) is 6.54. The van der Waals surface area contributed by atoms with Gasteiger partial charge in [-0.1, -0.05) is 0 Å². The maximum Gasteiger partial charge on any atom is 0.210 e. The lowest BCUT2D eigenvalue weighted by molar-refractivity contribution is -0.125. The highest BCUT2D eigenvalue weighted by Gasteiger charge is 2.21. The molecule has 10 nitrogen and oxygen atoms in total. The van der Waals surface area contributed by atoms with Crippen molar-refractivity contribution in [1.29, 1.82) is 5.41 Å². The molecule has 214 valence electrons. The van der Waals surface area contributed by atoms with Gasteiger partial charge in [-0.25, -0.2) is 9.97 Å². The first-order valence-corrected chi connectivity index (χ1v) is 15.0. The summed E-state index contributed by atoms with van der Waals surface area (Å²) in [6, 6.07) is 3.95. The zero-order valence-electron chi connectivity index (χ0n) is 23.2. The summed E-state index contributed by atoms with van der Waals surface area (Å²) in [7, 11) is 0. The zero-order chi connectivity index (χ0) is 27.9. The van der Waals surface area contributed by atoms with E-state index in [0.717, 1.165) is 67.2 Å². The number of nitrogens with two attached hydrogens (primary N) is 1. The summed E-state index contributed by atoms with van der Waals surface area (Å²) < 4.78 is 11.3. The molecule has 2 aliphatic heterocycles. The first-order valence-electron chi connectivity index (χ1n) is 14.2. The van der Waals surface area contributed by atoms with Crippen molar-refractivity contribution in [2.45, 2.75) is 51.5 Å². The Morgan fingerprint density at radius 3 is 2.77 bits per heavy atom. The van der Waals surface area contributed by atoms with Gasteiger partial charge in [0.25, 0.3) is 0 Å². The first kappa shape index (κ1) is 28.3. The largest absolute Gasteiger partial charge is 0.490 e. The van der Waals surface area contributed by atoms with Crippen LogP contribution in [0.4, 0.5) is 17.2 Å². The normalized spacial score (nSPS) is 19.0. The van der Waals surface area contributed by atoms with Crippen LogP contribution in [-0.2, 0) is 22.4 Å². The van der Waals surface area contributed by atoms with Gasteiger partial charge in [0, 0.05) is 41.5 Å². The van der Waals surface area contributed by atoms with Crippen molar-refractivity contribution in [3.8, 4) is 5.75 Å². The predicted octanol–water partition coefficient (Wildman–Crippen LogP) is 4.23. The van der Waals surface area contributed by atoms with Crippen LogP contribution in [0.3, 0.4) is 0 Å². The van der Waals surface area contributed by atoms with Crippen LogP contribution in [0.25, 0.3) is 10.2 Å². The molecule has 0 spiro atoms. The molecule has 4 heterocycles.